The molecule has 0 radical (unpaired) electrons. The number of rotatable bonds is 18. The Morgan fingerprint density at radius 3 is 1.66 bits per heavy atom. The average Bonchev–Trinajstić information content (AvgIpc) is 2.72. The van der Waals surface area contributed by atoms with Crippen LogP contribution in [0, 0.1) is 0 Å². The molecule has 0 heterocycles. The SMILES string of the molecule is CCCCCCCCCCCCCCCCCCNC(=O)Nc1ccccc1Br. The predicted octanol–water partition coefficient (Wildman–Crippen LogP) is 8.83. The molecule has 0 saturated carbocycles. The van der Waals surface area contributed by atoms with Crippen LogP contribution in [-0.2, 0) is 0 Å². The van der Waals surface area contributed by atoms with Crippen molar-refractivity contribution in [2.75, 3.05) is 11.9 Å². The van der Waals surface area contributed by atoms with E-state index in [1.54, 1.807) is 0 Å². The second kappa shape index (κ2) is 19.0. The molecule has 29 heavy (non-hydrogen) atoms. The van der Waals surface area contributed by atoms with E-state index in [0.29, 0.717) is 0 Å². The van der Waals surface area contributed by atoms with Crippen molar-refractivity contribution in [2.24, 2.45) is 0 Å². The third-order valence-corrected chi connectivity index (χ3v) is 6.13. The van der Waals surface area contributed by atoms with Gasteiger partial charge in [-0.25, -0.2) is 4.79 Å². The summed E-state index contributed by atoms with van der Waals surface area (Å²) >= 11 is 3.44. The topological polar surface area (TPSA) is 41.1 Å². The second-order valence-corrected chi connectivity index (χ2v) is 9.02. The number of hydrogen-bond donors (Lipinski definition) is 2. The summed E-state index contributed by atoms with van der Waals surface area (Å²) in [4.78, 5) is 11.9. The van der Waals surface area contributed by atoms with Crippen molar-refractivity contribution in [3.05, 3.63) is 28.7 Å². The quantitative estimate of drug-likeness (QED) is 0.208. The lowest BCUT2D eigenvalue weighted by molar-refractivity contribution is 0.252. The monoisotopic (exact) mass is 466 g/mol. The number of para-hydroxylation sites is 1. The molecule has 0 fully saturated rings. The summed E-state index contributed by atoms with van der Waals surface area (Å²) in [6.07, 6.45) is 21.9. The Bertz CT molecular complexity index is 521. The summed E-state index contributed by atoms with van der Waals surface area (Å²) in [7, 11) is 0. The number of carbonyl (C=O) groups is 1. The van der Waals surface area contributed by atoms with Gasteiger partial charge in [-0.1, -0.05) is 115 Å². The average molecular weight is 468 g/mol. The summed E-state index contributed by atoms with van der Waals surface area (Å²) < 4.78 is 0.901. The zero-order valence-corrected chi connectivity index (χ0v) is 20.2. The van der Waals surface area contributed by atoms with E-state index in [1.165, 1.54) is 96.3 Å². The van der Waals surface area contributed by atoms with Gasteiger partial charge >= 0.3 is 6.03 Å². The van der Waals surface area contributed by atoms with Crippen molar-refractivity contribution in [3.8, 4) is 0 Å². The Labute approximate surface area is 187 Å². The molecule has 0 aromatic heterocycles. The number of unbranched alkanes of at least 4 members (excludes halogenated alkanes) is 15. The highest BCUT2D eigenvalue weighted by Crippen LogP contribution is 2.20. The smallest absolute Gasteiger partial charge is 0.319 e. The van der Waals surface area contributed by atoms with Gasteiger partial charge in [0.15, 0.2) is 0 Å². The molecular weight excluding hydrogens is 424 g/mol. The first-order valence-electron chi connectivity index (χ1n) is 12.0. The number of urea groups is 1. The highest BCUT2D eigenvalue weighted by Gasteiger charge is 2.03. The number of hydrogen-bond acceptors (Lipinski definition) is 1. The van der Waals surface area contributed by atoms with Gasteiger partial charge in [-0.2, -0.15) is 0 Å². The Balaban J connectivity index is 1.79. The van der Waals surface area contributed by atoms with E-state index in [9.17, 15) is 4.79 Å². The highest BCUT2D eigenvalue weighted by molar-refractivity contribution is 9.10. The summed E-state index contributed by atoms with van der Waals surface area (Å²) in [6, 6.07) is 7.53. The third kappa shape index (κ3) is 15.5. The van der Waals surface area contributed by atoms with Gasteiger partial charge in [0.05, 0.1) is 5.69 Å². The van der Waals surface area contributed by atoms with Gasteiger partial charge in [0, 0.05) is 11.0 Å². The fraction of sp³-hybridized carbons (Fsp3) is 0.720. The molecule has 1 aromatic rings. The van der Waals surface area contributed by atoms with E-state index in [-0.39, 0.29) is 6.03 Å². The minimum Gasteiger partial charge on any atom is -0.338 e. The first kappa shape index (κ1) is 26.0. The van der Waals surface area contributed by atoms with E-state index in [2.05, 4.69) is 33.5 Å². The fourth-order valence-corrected chi connectivity index (χ4v) is 3.99. The zero-order valence-electron chi connectivity index (χ0n) is 18.6. The first-order valence-corrected chi connectivity index (χ1v) is 12.8. The maximum Gasteiger partial charge on any atom is 0.319 e. The lowest BCUT2D eigenvalue weighted by Crippen LogP contribution is -2.29. The molecule has 2 N–H and O–H groups in total. The van der Waals surface area contributed by atoms with Crippen LogP contribution in [0.4, 0.5) is 10.5 Å². The van der Waals surface area contributed by atoms with Gasteiger partial charge in [0.1, 0.15) is 0 Å². The first-order chi connectivity index (χ1) is 14.2. The van der Waals surface area contributed by atoms with Crippen LogP contribution in [0.5, 0.6) is 0 Å². The summed E-state index contributed by atoms with van der Waals surface area (Å²) in [6.45, 7) is 3.03. The number of benzene rings is 1. The van der Waals surface area contributed by atoms with Crippen LogP contribution in [0.3, 0.4) is 0 Å². The number of anilines is 1. The second-order valence-electron chi connectivity index (χ2n) is 8.16. The molecule has 2 amide bonds. The molecule has 0 saturated heterocycles. The molecule has 0 unspecified atom stereocenters. The molecule has 166 valence electrons. The number of amides is 2. The Hall–Kier alpha value is -1.03. The predicted molar refractivity (Wildman–Crippen MR) is 131 cm³/mol. The third-order valence-electron chi connectivity index (χ3n) is 5.44. The van der Waals surface area contributed by atoms with Crippen molar-refractivity contribution in [2.45, 2.75) is 110 Å². The number of nitrogens with one attached hydrogen (secondary N) is 2. The standard InChI is InChI=1S/C25H43BrN2O/c1-2-3-4-5-6-7-8-9-10-11-12-13-14-15-16-19-22-27-25(29)28-24-21-18-17-20-23(24)26/h17-18,20-21H,2-16,19,22H2,1H3,(H2,27,28,29). The number of carbonyl (C=O) groups excluding carboxylic acids is 1. The Kier molecular flexibility index (Phi) is 17.0. The van der Waals surface area contributed by atoms with Crippen LogP contribution < -0.4 is 10.6 Å². The van der Waals surface area contributed by atoms with Crippen LogP contribution >= 0.6 is 15.9 Å². The molecule has 0 aliphatic carbocycles. The Morgan fingerprint density at radius 2 is 1.17 bits per heavy atom. The van der Waals surface area contributed by atoms with E-state index < -0.39 is 0 Å². The van der Waals surface area contributed by atoms with E-state index in [4.69, 9.17) is 0 Å². The van der Waals surface area contributed by atoms with Gasteiger partial charge in [0.2, 0.25) is 0 Å². The fourth-order valence-electron chi connectivity index (χ4n) is 3.60. The molecule has 1 rings (SSSR count). The molecular formula is C25H43BrN2O. The van der Waals surface area contributed by atoms with Crippen molar-refractivity contribution >= 4 is 27.6 Å². The normalized spacial score (nSPS) is 10.8. The van der Waals surface area contributed by atoms with Gasteiger partial charge in [-0.15, -0.1) is 0 Å². The zero-order chi connectivity index (χ0) is 21.0. The number of halogens is 1. The van der Waals surface area contributed by atoms with E-state index in [0.717, 1.165) is 23.1 Å². The van der Waals surface area contributed by atoms with Crippen molar-refractivity contribution in [1.29, 1.82) is 0 Å². The van der Waals surface area contributed by atoms with Crippen LogP contribution in [0.25, 0.3) is 0 Å². The summed E-state index contributed by atoms with van der Waals surface area (Å²) in [5, 5.41) is 5.80. The van der Waals surface area contributed by atoms with Gasteiger partial charge in [-0.05, 0) is 34.5 Å². The molecule has 0 aliphatic rings. The molecule has 0 atom stereocenters. The van der Waals surface area contributed by atoms with Gasteiger partial charge < -0.3 is 10.6 Å². The Morgan fingerprint density at radius 1 is 0.724 bits per heavy atom. The van der Waals surface area contributed by atoms with Crippen LogP contribution in [0.1, 0.15) is 110 Å². The largest absolute Gasteiger partial charge is 0.338 e. The minimum absolute atomic E-state index is 0.127. The lowest BCUT2D eigenvalue weighted by atomic mass is 10.0. The maximum atomic E-state index is 11.9. The van der Waals surface area contributed by atoms with Crippen molar-refractivity contribution in [3.63, 3.8) is 0 Å². The molecule has 0 aliphatic heterocycles. The maximum absolute atomic E-state index is 11.9. The molecule has 3 nitrogen and oxygen atoms in total. The molecule has 4 heteroatoms. The molecule has 1 aromatic carbocycles. The van der Waals surface area contributed by atoms with E-state index in [1.807, 2.05) is 24.3 Å². The lowest BCUT2D eigenvalue weighted by Gasteiger charge is -2.09. The van der Waals surface area contributed by atoms with Crippen molar-refractivity contribution < 1.29 is 4.79 Å². The molecule has 0 spiro atoms. The minimum atomic E-state index is -0.127. The molecule has 0 bridgehead atoms. The summed E-state index contributed by atoms with van der Waals surface area (Å²) in [5.74, 6) is 0. The van der Waals surface area contributed by atoms with Gasteiger partial charge in [-0.3, -0.25) is 0 Å². The van der Waals surface area contributed by atoms with Gasteiger partial charge in [0.25, 0.3) is 0 Å². The van der Waals surface area contributed by atoms with E-state index >= 15 is 0 Å². The summed E-state index contributed by atoms with van der Waals surface area (Å²) in [5.41, 5.74) is 0.803. The van der Waals surface area contributed by atoms with Crippen LogP contribution in [0.2, 0.25) is 0 Å². The highest BCUT2D eigenvalue weighted by atomic mass is 79.9. The van der Waals surface area contributed by atoms with Crippen LogP contribution in [0.15, 0.2) is 28.7 Å². The van der Waals surface area contributed by atoms with Crippen molar-refractivity contribution in [1.82, 2.24) is 5.32 Å². The van der Waals surface area contributed by atoms with Crippen LogP contribution in [-0.4, -0.2) is 12.6 Å².